The van der Waals surface area contributed by atoms with Crippen LogP contribution in [0.1, 0.15) is 39.0 Å². The summed E-state index contributed by atoms with van der Waals surface area (Å²) in [4.78, 5) is 25.5. The molecule has 5 heteroatoms. The second-order valence-electron chi connectivity index (χ2n) is 5.24. The molecule has 0 bridgehead atoms. The van der Waals surface area contributed by atoms with Crippen LogP contribution in [0.3, 0.4) is 0 Å². The highest BCUT2D eigenvalue weighted by Crippen LogP contribution is 2.13. The zero-order chi connectivity index (χ0) is 13.0. The van der Waals surface area contributed by atoms with Crippen LogP contribution in [0.5, 0.6) is 0 Å². The molecule has 0 aromatic rings. The lowest BCUT2D eigenvalue weighted by atomic mass is 10.1. The lowest BCUT2D eigenvalue weighted by molar-refractivity contribution is -0.134. The van der Waals surface area contributed by atoms with E-state index in [0.29, 0.717) is 18.9 Å². The van der Waals surface area contributed by atoms with Crippen molar-refractivity contribution < 1.29 is 9.59 Å². The van der Waals surface area contributed by atoms with Crippen molar-refractivity contribution in [3.8, 4) is 0 Å². The molecular formula is C13H23N3O2. The van der Waals surface area contributed by atoms with Gasteiger partial charge in [-0.1, -0.05) is 6.92 Å². The van der Waals surface area contributed by atoms with E-state index in [1.165, 1.54) is 6.42 Å². The van der Waals surface area contributed by atoms with E-state index in [1.54, 1.807) is 0 Å². The summed E-state index contributed by atoms with van der Waals surface area (Å²) >= 11 is 0. The first-order valence-corrected chi connectivity index (χ1v) is 7.02. The van der Waals surface area contributed by atoms with Crippen LogP contribution >= 0.6 is 0 Å². The molecule has 0 aromatic heterocycles. The van der Waals surface area contributed by atoms with Gasteiger partial charge in [0.2, 0.25) is 11.8 Å². The van der Waals surface area contributed by atoms with Crippen LogP contribution in [0, 0.1) is 0 Å². The molecule has 102 valence electrons. The van der Waals surface area contributed by atoms with Crippen molar-refractivity contribution >= 4 is 11.8 Å². The minimum atomic E-state index is -0.287. The van der Waals surface area contributed by atoms with Crippen LogP contribution < -0.4 is 10.6 Å². The summed E-state index contributed by atoms with van der Waals surface area (Å²) in [6.45, 7) is 4.69. The van der Waals surface area contributed by atoms with Gasteiger partial charge in [0.05, 0.1) is 0 Å². The summed E-state index contributed by atoms with van der Waals surface area (Å²) in [5, 5.41) is 6.19. The molecule has 0 radical (unpaired) electrons. The van der Waals surface area contributed by atoms with Crippen molar-refractivity contribution in [3.63, 3.8) is 0 Å². The highest BCUT2D eigenvalue weighted by atomic mass is 16.2. The molecule has 2 heterocycles. The maximum atomic E-state index is 12.4. The molecule has 0 aliphatic carbocycles. The molecule has 2 fully saturated rings. The Kier molecular flexibility index (Phi) is 4.58. The van der Waals surface area contributed by atoms with E-state index in [2.05, 4.69) is 17.6 Å². The number of nitrogens with zero attached hydrogens (tertiary/aromatic N) is 1. The maximum absolute atomic E-state index is 12.4. The average Bonchev–Trinajstić information content (AvgIpc) is 2.99. The lowest BCUT2D eigenvalue weighted by Crippen LogP contribution is -2.48. The smallest absolute Gasteiger partial charge is 0.245 e. The van der Waals surface area contributed by atoms with E-state index in [1.807, 2.05) is 4.90 Å². The Morgan fingerprint density at radius 1 is 1.44 bits per heavy atom. The summed E-state index contributed by atoms with van der Waals surface area (Å²) in [5.74, 6) is 0.0974. The molecule has 2 saturated heterocycles. The molecule has 2 atom stereocenters. The fraction of sp³-hybridized carbons (Fsp3) is 0.846. The molecule has 2 rings (SSSR count). The SMILES string of the molecule is CCCN(CC1CCCN1)C(=O)[C@@H]1CCC(=O)N1. The van der Waals surface area contributed by atoms with Gasteiger partial charge in [0.25, 0.3) is 0 Å². The second kappa shape index (κ2) is 6.18. The fourth-order valence-electron chi connectivity index (χ4n) is 2.76. The first-order chi connectivity index (χ1) is 8.70. The molecular weight excluding hydrogens is 230 g/mol. The van der Waals surface area contributed by atoms with Crippen LogP contribution in [0.25, 0.3) is 0 Å². The summed E-state index contributed by atoms with van der Waals surface area (Å²) in [7, 11) is 0. The molecule has 18 heavy (non-hydrogen) atoms. The summed E-state index contributed by atoms with van der Waals surface area (Å²) in [6, 6.07) is 0.142. The largest absolute Gasteiger partial charge is 0.344 e. The normalized spacial score (nSPS) is 27.3. The van der Waals surface area contributed by atoms with Gasteiger partial charge in [0, 0.05) is 25.6 Å². The van der Waals surface area contributed by atoms with Crippen molar-refractivity contribution in [1.29, 1.82) is 0 Å². The monoisotopic (exact) mass is 253 g/mol. The van der Waals surface area contributed by atoms with Crippen molar-refractivity contribution in [2.24, 2.45) is 0 Å². The van der Waals surface area contributed by atoms with Crippen molar-refractivity contribution in [1.82, 2.24) is 15.5 Å². The van der Waals surface area contributed by atoms with Gasteiger partial charge < -0.3 is 15.5 Å². The molecule has 0 saturated carbocycles. The zero-order valence-electron chi connectivity index (χ0n) is 11.1. The Balaban J connectivity index is 1.90. The van der Waals surface area contributed by atoms with Gasteiger partial charge in [-0.15, -0.1) is 0 Å². The van der Waals surface area contributed by atoms with Gasteiger partial charge in [0.15, 0.2) is 0 Å². The van der Waals surface area contributed by atoms with Crippen LogP contribution in [-0.2, 0) is 9.59 Å². The third kappa shape index (κ3) is 3.22. The van der Waals surface area contributed by atoms with Crippen molar-refractivity contribution in [2.75, 3.05) is 19.6 Å². The highest BCUT2D eigenvalue weighted by Gasteiger charge is 2.31. The molecule has 2 N–H and O–H groups in total. The Labute approximate surface area is 108 Å². The minimum Gasteiger partial charge on any atom is -0.344 e. The first-order valence-electron chi connectivity index (χ1n) is 7.02. The predicted molar refractivity (Wildman–Crippen MR) is 69.1 cm³/mol. The molecule has 1 unspecified atom stereocenters. The molecule has 2 aliphatic rings. The topological polar surface area (TPSA) is 61.4 Å². The van der Waals surface area contributed by atoms with E-state index in [9.17, 15) is 9.59 Å². The van der Waals surface area contributed by atoms with Gasteiger partial charge in [-0.05, 0) is 32.2 Å². The summed E-state index contributed by atoms with van der Waals surface area (Å²) < 4.78 is 0. The van der Waals surface area contributed by atoms with Crippen LogP contribution in [-0.4, -0.2) is 48.4 Å². The Morgan fingerprint density at radius 3 is 2.83 bits per heavy atom. The minimum absolute atomic E-state index is 0.00351. The quantitative estimate of drug-likeness (QED) is 0.738. The van der Waals surface area contributed by atoms with Crippen LogP contribution in [0.2, 0.25) is 0 Å². The van der Waals surface area contributed by atoms with E-state index >= 15 is 0 Å². The first kappa shape index (κ1) is 13.3. The van der Waals surface area contributed by atoms with Gasteiger partial charge in [-0.2, -0.15) is 0 Å². The van der Waals surface area contributed by atoms with E-state index in [-0.39, 0.29) is 17.9 Å². The number of amides is 2. The standard InChI is InChI=1S/C13H23N3O2/c1-2-8-16(9-10-4-3-7-14-10)13(18)11-5-6-12(17)15-11/h10-11,14H,2-9H2,1H3,(H,15,17)/t10?,11-/m0/s1. The average molecular weight is 253 g/mol. The van der Waals surface area contributed by atoms with Crippen LogP contribution in [0.4, 0.5) is 0 Å². The molecule has 5 nitrogen and oxygen atoms in total. The van der Waals surface area contributed by atoms with E-state index in [4.69, 9.17) is 0 Å². The van der Waals surface area contributed by atoms with Crippen molar-refractivity contribution in [3.05, 3.63) is 0 Å². The number of hydrogen-bond donors (Lipinski definition) is 2. The molecule has 2 aliphatic heterocycles. The Bertz CT molecular complexity index is 313. The van der Waals surface area contributed by atoms with Gasteiger partial charge in [-0.25, -0.2) is 0 Å². The molecule has 0 aromatic carbocycles. The third-order valence-electron chi connectivity index (χ3n) is 3.70. The number of carbonyl (C=O) groups excluding carboxylic acids is 2. The second-order valence-corrected chi connectivity index (χ2v) is 5.24. The van der Waals surface area contributed by atoms with E-state index < -0.39 is 0 Å². The Morgan fingerprint density at radius 2 is 2.28 bits per heavy atom. The predicted octanol–water partition coefficient (Wildman–Crippen LogP) is 0.256. The van der Waals surface area contributed by atoms with Gasteiger partial charge in [0.1, 0.15) is 6.04 Å². The number of carbonyl (C=O) groups is 2. The molecule has 2 amide bonds. The van der Waals surface area contributed by atoms with Crippen molar-refractivity contribution in [2.45, 2.75) is 51.1 Å². The number of hydrogen-bond acceptors (Lipinski definition) is 3. The number of nitrogens with one attached hydrogen (secondary N) is 2. The van der Waals surface area contributed by atoms with Gasteiger partial charge in [-0.3, -0.25) is 9.59 Å². The lowest BCUT2D eigenvalue weighted by Gasteiger charge is -2.28. The fourth-order valence-corrected chi connectivity index (χ4v) is 2.76. The summed E-state index contributed by atoms with van der Waals surface area (Å²) in [5.41, 5.74) is 0. The Hall–Kier alpha value is -1.10. The van der Waals surface area contributed by atoms with Gasteiger partial charge >= 0.3 is 0 Å². The zero-order valence-corrected chi connectivity index (χ0v) is 11.1. The maximum Gasteiger partial charge on any atom is 0.245 e. The van der Waals surface area contributed by atoms with Crippen LogP contribution in [0.15, 0.2) is 0 Å². The number of rotatable bonds is 5. The highest BCUT2D eigenvalue weighted by molar-refractivity contribution is 5.90. The van der Waals surface area contributed by atoms with E-state index in [0.717, 1.165) is 32.5 Å². The third-order valence-corrected chi connectivity index (χ3v) is 3.70. The summed E-state index contributed by atoms with van der Waals surface area (Å²) in [6.07, 6.45) is 4.43. The molecule has 0 spiro atoms.